The van der Waals surface area contributed by atoms with Crippen molar-refractivity contribution < 1.29 is 4.79 Å². The van der Waals surface area contributed by atoms with Crippen LogP contribution in [-0.2, 0) is 0 Å². The number of piperidine rings is 1. The van der Waals surface area contributed by atoms with Gasteiger partial charge in [0.15, 0.2) is 0 Å². The Bertz CT molecular complexity index is 800. The molecule has 1 amide bonds. The zero-order chi connectivity index (χ0) is 19.3. The summed E-state index contributed by atoms with van der Waals surface area (Å²) in [7, 11) is 0. The van der Waals surface area contributed by atoms with Gasteiger partial charge in [-0.3, -0.25) is 4.79 Å². The molecule has 148 valence electrons. The molecule has 2 aromatic carbocycles. The molecule has 1 aliphatic heterocycles. The Morgan fingerprint density at radius 1 is 0.964 bits per heavy atom. The van der Waals surface area contributed by atoms with Crippen LogP contribution in [0, 0.1) is 5.92 Å². The molecule has 2 aromatic rings. The summed E-state index contributed by atoms with van der Waals surface area (Å²) in [6.45, 7) is 3.91. The van der Waals surface area contributed by atoms with Gasteiger partial charge in [0, 0.05) is 41.8 Å². The fraction of sp³-hybridized carbons (Fsp3) is 0.458. The van der Waals surface area contributed by atoms with Gasteiger partial charge >= 0.3 is 0 Å². The summed E-state index contributed by atoms with van der Waals surface area (Å²) in [5, 5.41) is 6.76. The number of carbonyl (C=O) groups excluding carboxylic acids is 1. The van der Waals surface area contributed by atoms with E-state index >= 15 is 0 Å². The second kappa shape index (κ2) is 8.68. The maximum Gasteiger partial charge on any atom is 0.254 e. The second-order valence-corrected chi connectivity index (χ2v) is 8.07. The van der Waals surface area contributed by atoms with Crippen molar-refractivity contribution in [3.05, 3.63) is 54.1 Å². The molecule has 2 atom stereocenters. The van der Waals surface area contributed by atoms with E-state index in [1.807, 2.05) is 30.3 Å². The average Bonchev–Trinajstić information content (AvgIpc) is 2.74. The van der Waals surface area contributed by atoms with E-state index in [9.17, 15) is 4.79 Å². The van der Waals surface area contributed by atoms with Gasteiger partial charge in [0.25, 0.3) is 5.91 Å². The van der Waals surface area contributed by atoms with Crippen LogP contribution in [0.4, 0.5) is 17.1 Å². The van der Waals surface area contributed by atoms with Crippen LogP contribution in [0.1, 0.15) is 55.8 Å². The SMILES string of the molecule is CCNc1cccc(Nc2ccc(C(=O)N3CCCC4CCCCC43)cc2)c1. The van der Waals surface area contributed by atoms with Crippen molar-refractivity contribution in [3.63, 3.8) is 0 Å². The first-order chi connectivity index (χ1) is 13.7. The van der Waals surface area contributed by atoms with Gasteiger partial charge in [0.2, 0.25) is 0 Å². The third-order valence-electron chi connectivity index (χ3n) is 6.17. The predicted molar refractivity (Wildman–Crippen MR) is 116 cm³/mol. The van der Waals surface area contributed by atoms with Crippen molar-refractivity contribution in [2.45, 2.75) is 51.5 Å². The summed E-state index contributed by atoms with van der Waals surface area (Å²) in [4.78, 5) is 15.3. The summed E-state index contributed by atoms with van der Waals surface area (Å²) in [6, 6.07) is 16.7. The van der Waals surface area contributed by atoms with E-state index in [4.69, 9.17) is 0 Å². The molecular formula is C24H31N3O. The Balaban J connectivity index is 1.44. The Kier molecular flexibility index (Phi) is 5.84. The lowest BCUT2D eigenvalue weighted by Gasteiger charge is -2.44. The third kappa shape index (κ3) is 4.16. The van der Waals surface area contributed by atoms with Crippen LogP contribution in [0.2, 0.25) is 0 Å². The Morgan fingerprint density at radius 2 is 1.71 bits per heavy atom. The van der Waals surface area contributed by atoms with Gasteiger partial charge in [-0.05, 0) is 81.0 Å². The summed E-state index contributed by atoms with van der Waals surface area (Å²) in [5.41, 5.74) is 3.95. The lowest BCUT2D eigenvalue weighted by molar-refractivity contribution is 0.0391. The molecule has 0 radical (unpaired) electrons. The monoisotopic (exact) mass is 377 g/mol. The minimum atomic E-state index is 0.206. The van der Waals surface area contributed by atoms with Crippen molar-refractivity contribution in [2.24, 2.45) is 5.92 Å². The summed E-state index contributed by atoms with van der Waals surface area (Å²) in [6.07, 6.45) is 7.51. The minimum Gasteiger partial charge on any atom is -0.385 e. The third-order valence-corrected chi connectivity index (χ3v) is 6.17. The second-order valence-electron chi connectivity index (χ2n) is 8.07. The summed E-state index contributed by atoms with van der Waals surface area (Å²) in [5.74, 6) is 0.925. The van der Waals surface area contributed by atoms with Crippen LogP contribution in [0.3, 0.4) is 0 Å². The number of likely N-dealkylation sites (tertiary alicyclic amines) is 1. The largest absolute Gasteiger partial charge is 0.385 e. The van der Waals surface area contributed by atoms with E-state index in [0.717, 1.165) is 48.1 Å². The fourth-order valence-electron chi connectivity index (χ4n) is 4.82. The molecular weight excluding hydrogens is 346 g/mol. The van der Waals surface area contributed by atoms with Gasteiger partial charge in [-0.15, -0.1) is 0 Å². The van der Waals surface area contributed by atoms with Crippen molar-refractivity contribution in [1.82, 2.24) is 4.90 Å². The molecule has 0 aromatic heterocycles. The van der Waals surface area contributed by atoms with E-state index in [-0.39, 0.29) is 5.91 Å². The first kappa shape index (κ1) is 18.9. The molecule has 0 bridgehead atoms. The van der Waals surface area contributed by atoms with E-state index in [1.54, 1.807) is 0 Å². The molecule has 1 saturated carbocycles. The lowest BCUT2D eigenvalue weighted by Crippen LogP contribution is -2.49. The Morgan fingerprint density at radius 3 is 2.54 bits per heavy atom. The van der Waals surface area contributed by atoms with Gasteiger partial charge in [-0.1, -0.05) is 18.9 Å². The zero-order valence-electron chi connectivity index (χ0n) is 16.8. The average molecular weight is 378 g/mol. The van der Waals surface area contributed by atoms with Crippen LogP contribution < -0.4 is 10.6 Å². The van der Waals surface area contributed by atoms with Crippen LogP contribution in [-0.4, -0.2) is 29.9 Å². The topological polar surface area (TPSA) is 44.4 Å². The van der Waals surface area contributed by atoms with E-state index in [0.29, 0.717) is 6.04 Å². The number of carbonyl (C=O) groups is 1. The molecule has 4 heteroatoms. The van der Waals surface area contributed by atoms with Crippen LogP contribution >= 0.6 is 0 Å². The highest BCUT2D eigenvalue weighted by molar-refractivity contribution is 5.95. The molecule has 1 heterocycles. The molecule has 2 aliphatic rings. The first-order valence-electron chi connectivity index (χ1n) is 10.8. The maximum atomic E-state index is 13.1. The van der Waals surface area contributed by atoms with Gasteiger partial charge in [-0.2, -0.15) is 0 Å². The van der Waals surface area contributed by atoms with Gasteiger partial charge in [0.05, 0.1) is 0 Å². The molecule has 0 spiro atoms. The normalized spacial score (nSPS) is 21.7. The van der Waals surface area contributed by atoms with Crippen molar-refractivity contribution in [3.8, 4) is 0 Å². The number of benzene rings is 2. The Hall–Kier alpha value is -2.49. The van der Waals surface area contributed by atoms with E-state index < -0.39 is 0 Å². The standard InChI is InChI=1S/C24H31N3O/c1-2-25-21-9-5-10-22(17-21)26-20-14-12-19(13-15-20)24(28)27-16-6-8-18-7-3-4-11-23(18)27/h5,9-10,12-15,17-18,23,25-26H,2-4,6-8,11,16H2,1H3. The van der Waals surface area contributed by atoms with Crippen LogP contribution in [0.15, 0.2) is 48.5 Å². The molecule has 4 nitrogen and oxygen atoms in total. The molecule has 2 unspecified atom stereocenters. The molecule has 28 heavy (non-hydrogen) atoms. The number of hydrogen-bond donors (Lipinski definition) is 2. The molecule has 1 aliphatic carbocycles. The number of fused-ring (bicyclic) bond motifs is 1. The van der Waals surface area contributed by atoms with E-state index in [2.05, 4.69) is 40.7 Å². The molecule has 4 rings (SSSR count). The number of rotatable bonds is 5. The van der Waals surface area contributed by atoms with Gasteiger partial charge in [0.1, 0.15) is 0 Å². The van der Waals surface area contributed by atoms with Gasteiger partial charge < -0.3 is 15.5 Å². The van der Waals surface area contributed by atoms with Gasteiger partial charge in [-0.25, -0.2) is 0 Å². The van der Waals surface area contributed by atoms with E-state index in [1.165, 1.54) is 32.1 Å². The van der Waals surface area contributed by atoms with Crippen LogP contribution in [0.25, 0.3) is 0 Å². The quantitative estimate of drug-likeness (QED) is 0.707. The minimum absolute atomic E-state index is 0.206. The number of anilines is 3. The highest BCUT2D eigenvalue weighted by Crippen LogP contribution is 2.36. The molecule has 1 saturated heterocycles. The fourth-order valence-corrected chi connectivity index (χ4v) is 4.82. The van der Waals surface area contributed by atoms with Crippen molar-refractivity contribution in [1.29, 1.82) is 0 Å². The number of nitrogens with one attached hydrogen (secondary N) is 2. The maximum absolute atomic E-state index is 13.1. The number of nitrogens with zero attached hydrogens (tertiary/aromatic N) is 1. The summed E-state index contributed by atoms with van der Waals surface area (Å²) >= 11 is 0. The predicted octanol–water partition coefficient (Wildman–Crippen LogP) is 5.66. The Labute approximate surface area is 168 Å². The summed E-state index contributed by atoms with van der Waals surface area (Å²) < 4.78 is 0. The smallest absolute Gasteiger partial charge is 0.254 e. The lowest BCUT2D eigenvalue weighted by atomic mass is 9.78. The first-order valence-corrected chi connectivity index (χ1v) is 10.8. The number of hydrogen-bond acceptors (Lipinski definition) is 3. The van der Waals surface area contributed by atoms with Crippen molar-refractivity contribution >= 4 is 23.0 Å². The highest BCUT2D eigenvalue weighted by atomic mass is 16.2. The van der Waals surface area contributed by atoms with Crippen molar-refractivity contribution in [2.75, 3.05) is 23.7 Å². The van der Waals surface area contributed by atoms with Crippen LogP contribution in [0.5, 0.6) is 0 Å². The number of amides is 1. The zero-order valence-corrected chi connectivity index (χ0v) is 16.8. The molecule has 2 N–H and O–H groups in total. The molecule has 2 fully saturated rings. The highest BCUT2D eigenvalue weighted by Gasteiger charge is 2.35.